The predicted molar refractivity (Wildman–Crippen MR) is 546 cm³/mol. The maximum absolute atomic E-state index is 17.2. The van der Waals surface area contributed by atoms with Crippen LogP contribution in [-0.2, 0) is 0 Å². The maximum atomic E-state index is 17.2. The quantitative estimate of drug-likeness (QED) is 0.0627. The van der Waals surface area contributed by atoms with Crippen LogP contribution in [0.1, 0.15) is 0 Å². The summed E-state index contributed by atoms with van der Waals surface area (Å²) in [7, 11) is 0. The van der Waals surface area contributed by atoms with E-state index in [1.165, 1.54) is 24.3 Å². The number of anilines is 12. The first-order chi connectivity index (χ1) is 66.8. The Labute approximate surface area is 778 Å². The molecule has 0 radical (unpaired) electrons. The van der Waals surface area contributed by atoms with Crippen LogP contribution >= 0.6 is 0 Å². The van der Waals surface area contributed by atoms with Crippen molar-refractivity contribution in [2.75, 3.05) is 19.6 Å². The van der Waals surface area contributed by atoms with E-state index in [1.807, 2.05) is 384 Å². The van der Waals surface area contributed by atoms with E-state index in [1.54, 1.807) is 0 Å². The van der Waals surface area contributed by atoms with Gasteiger partial charge in [0.05, 0.1) is 45.5 Å². The molecule has 0 aromatic heterocycles. The topological polar surface area (TPSA) is 13.0 Å². The summed E-state index contributed by atoms with van der Waals surface area (Å²) in [6.07, 6.45) is 0. The molecule has 24 aromatic carbocycles. The Kier molecular flexibility index (Phi) is 21.1. The van der Waals surface area contributed by atoms with Crippen molar-refractivity contribution in [3.63, 3.8) is 0 Å². The molecule has 0 aliphatic heterocycles. The number of fused-ring (bicyclic) bond motifs is 2. The van der Waals surface area contributed by atoms with Crippen molar-refractivity contribution in [2.24, 2.45) is 0 Å². The van der Waals surface area contributed by atoms with Crippen molar-refractivity contribution in [2.45, 2.75) is 0 Å². The molecular weight excluding hydrogens is 1700 g/mol. The van der Waals surface area contributed by atoms with E-state index in [2.05, 4.69) is 48.5 Å². The molecule has 0 unspecified atom stereocenters. The predicted octanol–water partition coefficient (Wildman–Crippen LogP) is 36.5. The highest BCUT2D eigenvalue weighted by Gasteiger charge is 2.33. The number of hydrogen-bond donors (Lipinski definition) is 0. The van der Waals surface area contributed by atoms with E-state index < -0.39 is 46.5 Å². The standard InChI is InChI=1S/C64H40F4N2.C60H36F4N2/c65-45-37-55(51-27-15-13-25-49(51)41-17-5-1-6-18-41)63(57(67)39-45)69(47-21-9-3-10-22-47)59-35-31-43-30-34-54-60(36-32-44-29-33-53(59)61(43)62(44)54)70(48-23-11-4-12-24-48)64-56(38-46(66)40-58(64)68)52-28-16-14-26-50(52)42-19-7-2-8-20-42;61-45-33-51(43-21-19-37-11-7-9-13-41(37)31-43)59(53(63)35-45)65(47-15-3-1-4-16-47)55-29-25-39-24-28-50-56(30-26-40-23-27-49(55)57(39)58(40)50)66(48-17-5-2-6-18-48)60-52(34-46(62)36-54(60)64)44-22-20-38-12-8-10-14-42(38)32-44/h1-40H;1-36H. The Morgan fingerprint density at radius 3 is 0.647 bits per heavy atom. The third-order valence-electron chi connectivity index (χ3n) is 26.0. The van der Waals surface area contributed by atoms with Crippen LogP contribution in [-0.4, -0.2) is 0 Å². The third kappa shape index (κ3) is 14.8. The molecule has 0 aliphatic carbocycles. The van der Waals surface area contributed by atoms with E-state index in [0.29, 0.717) is 90.0 Å². The Bertz CT molecular complexity index is 8220. The Hall–Kier alpha value is -17.5. The van der Waals surface area contributed by atoms with Gasteiger partial charge in [-0.15, -0.1) is 0 Å². The fourth-order valence-electron chi connectivity index (χ4n) is 20.1. The molecule has 0 fully saturated rings. The molecule has 0 N–H and O–H groups in total. The molecule has 24 rings (SSSR count). The van der Waals surface area contributed by atoms with Gasteiger partial charge in [-0.2, -0.15) is 0 Å². The van der Waals surface area contributed by atoms with Gasteiger partial charge in [-0.05, 0) is 218 Å². The number of rotatable bonds is 18. The second kappa shape index (κ2) is 34.7. The molecule has 24 aromatic rings. The van der Waals surface area contributed by atoms with Crippen LogP contribution in [0.4, 0.5) is 103 Å². The van der Waals surface area contributed by atoms with Gasteiger partial charge in [0.2, 0.25) is 0 Å². The van der Waals surface area contributed by atoms with Crippen LogP contribution in [0.5, 0.6) is 0 Å². The Morgan fingerprint density at radius 1 is 0.140 bits per heavy atom. The first-order valence-electron chi connectivity index (χ1n) is 44.8. The van der Waals surface area contributed by atoms with Crippen molar-refractivity contribution in [3.05, 3.63) is 508 Å². The van der Waals surface area contributed by atoms with Crippen LogP contribution in [0.15, 0.2) is 461 Å². The van der Waals surface area contributed by atoms with Gasteiger partial charge >= 0.3 is 0 Å². The molecule has 0 bridgehead atoms. The molecule has 0 saturated heterocycles. The van der Waals surface area contributed by atoms with Gasteiger partial charge < -0.3 is 19.6 Å². The lowest BCUT2D eigenvalue weighted by Crippen LogP contribution is -2.15. The largest absolute Gasteiger partial charge is 0.307 e. The normalized spacial score (nSPS) is 11.5. The number of hydrogen-bond acceptors (Lipinski definition) is 4. The summed E-state index contributed by atoms with van der Waals surface area (Å²) in [4.78, 5) is 7.54. The molecule has 648 valence electrons. The first-order valence-corrected chi connectivity index (χ1v) is 44.8. The number of nitrogens with zero attached hydrogens (tertiary/aromatic N) is 4. The average Bonchev–Trinajstić information content (AvgIpc) is 0.716. The van der Waals surface area contributed by atoms with E-state index in [-0.39, 0.29) is 22.7 Å². The van der Waals surface area contributed by atoms with Crippen molar-refractivity contribution in [1.82, 2.24) is 0 Å². The van der Waals surface area contributed by atoms with E-state index >= 15 is 35.1 Å². The van der Waals surface area contributed by atoms with Crippen molar-refractivity contribution in [1.29, 1.82) is 0 Å². The van der Waals surface area contributed by atoms with Gasteiger partial charge in [0.25, 0.3) is 0 Å². The van der Waals surface area contributed by atoms with Gasteiger partial charge in [0.1, 0.15) is 23.3 Å². The summed E-state index contributed by atoms with van der Waals surface area (Å²) in [6.45, 7) is 0. The molecule has 0 aliphatic rings. The molecular formula is C124H76F8N4. The summed E-state index contributed by atoms with van der Waals surface area (Å²) in [6, 6.07) is 143. The zero-order valence-corrected chi connectivity index (χ0v) is 72.7. The molecule has 0 saturated carbocycles. The van der Waals surface area contributed by atoms with Gasteiger partial charge in [-0.1, -0.05) is 328 Å². The van der Waals surface area contributed by atoms with E-state index in [9.17, 15) is 0 Å². The van der Waals surface area contributed by atoms with Gasteiger partial charge in [-0.25, -0.2) is 35.1 Å². The smallest absolute Gasteiger partial charge is 0.150 e. The van der Waals surface area contributed by atoms with Gasteiger partial charge in [0.15, 0.2) is 23.3 Å². The highest BCUT2D eigenvalue weighted by Crippen LogP contribution is 2.56. The molecule has 0 spiro atoms. The average molecular weight is 1770 g/mol. The van der Waals surface area contributed by atoms with Crippen LogP contribution in [0.2, 0.25) is 0 Å². The highest BCUT2D eigenvalue weighted by atomic mass is 19.2. The summed E-state index contributed by atoms with van der Waals surface area (Å²) in [5, 5.41) is 14.7. The summed E-state index contributed by atoms with van der Waals surface area (Å²) < 4.78 is 131. The monoisotopic (exact) mass is 1770 g/mol. The van der Waals surface area contributed by atoms with Gasteiger partial charge in [-0.3, -0.25) is 0 Å². The fourth-order valence-corrected chi connectivity index (χ4v) is 20.1. The lowest BCUT2D eigenvalue weighted by molar-refractivity contribution is 0.584. The second-order valence-electron chi connectivity index (χ2n) is 33.9. The summed E-state index contributed by atoms with van der Waals surface area (Å²) in [5.41, 5.74) is 14.0. The lowest BCUT2D eigenvalue weighted by Gasteiger charge is -2.31. The summed E-state index contributed by atoms with van der Waals surface area (Å²) >= 11 is 0. The summed E-state index contributed by atoms with van der Waals surface area (Å²) in [5.74, 6) is -5.61. The van der Waals surface area contributed by atoms with Crippen LogP contribution in [0.25, 0.3) is 153 Å². The highest BCUT2D eigenvalue weighted by molar-refractivity contribution is 6.30. The minimum Gasteiger partial charge on any atom is -0.307 e. The van der Waals surface area contributed by atoms with Gasteiger partial charge in [0, 0.05) is 90.8 Å². The molecule has 0 heterocycles. The Morgan fingerprint density at radius 2 is 0.360 bits per heavy atom. The zero-order chi connectivity index (χ0) is 91.8. The first kappa shape index (κ1) is 82.9. The number of halogens is 8. The minimum absolute atomic E-state index is 0.192. The second-order valence-corrected chi connectivity index (χ2v) is 33.9. The minimum atomic E-state index is -0.723. The van der Waals surface area contributed by atoms with Crippen LogP contribution < -0.4 is 19.6 Å². The molecule has 0 amide bonds. The molecule has 12 heteroatoms. The number of para-hydroxylation sites is 4. The molecule has 136 heavy (non-hydrogen) atoms. The third-order valence-corrected chi connectivity index (χ3v) is 26.0. The SMILES string of the molecule is Fc1cc(F)c(N(c2ccccc2)c2ccc3ccc4c(N(c5ccccc5)c5c(F)cc(F)cc5-c5ccc6ccccc6c5)ccc5ccc2c3c54)c(-c2ccc3ccccc3c2)c1.Fc1cc(F)c(N(c2ccccc2)c2ccc3ccc4c(N(c5ccccc5)c5c(F)cc(F)cc5-c5ccccc5-c5ccccc5)ccc5ccc2c3c54)c(-c2ccccc2-c2ccccc2)c1. The Balaban J connectivity index is 0.000000153. The molecule has 0 atom stereocenters. The van der Waals surface area contributed by atoms with Crippen molar-refractivity contribution in [3.8, 4) is 66.8 Å². The van der Waals surface area contributed by atoms with Crippen molar-refractivity contribution < 1.29 is 35.1 Å². The van der Waals surface area contributed by atoms with Crippen molar-refractivity contribution >= 4 is 154 Å². The molecule has 4 nitrogen and oxygen atoms in total. The number of benzene rings is 24. The maximum Gasteiger partial charge on any atom is 0.150 e. The van der Waals surface area contributed by atoms with E-state index in [4.69, 9.17) is 0 Å². The van der Waals surface area contributed by atoms with E-state index in [0.717, 1.165) is 133 Å². The lowest BCUT2D eigenvalue weighted by atomic mass is 9.90. The van der Waals surface area contributed by atoms with Crippen LogP contribution in [0.3, 0.4) is 0 Å². The van der Waals surface area contributed by atoms with Crippen LogP contribution in [0, 0.1) is 46.5 Å². The fraction of sp³-hybridized carbons (Fsp3) is 0. The zero-order valence-electron chi connectivity index (χ0n) is 72.7.